The molecule has 1 atom stereocenters. The van der Waals surface area contributed by atoms with E-state index in [-0.39, 0.29) is 12.6 Å². The largest absolute Gasteiger partial charge is 0.469 e. The van der Waals surface area contributed by atoms with Gasteiger partial charge in [0.25, 0.3) is 0 Å². The van der Waals surface area contributed by atoms with E-state index in [1.807, 2.05) is 6.92 Å². The molecule has 0 aromatic carbocycles. The molecule has 0 saturated carbocycles. The number of rotatable bonds is 8. The Hall–Kier alpha value is -1.69. The molecule has 0 bridgehead atoms. The molecule has 1 aromatic rings. The Kier molecular flexibility index (Phi) is 5.88. The molecule has 0 aliphatic rings. The van der Waals surface area contributed by atoms with Crippen molar-refractivity contribution in [3.05, 3.63) is 17.8 Å². The predicted octanol–water partition coefficient (Wildman–Crippen LogP) is 1.74. The molecular weight excluding hydrogens is 262 g/mol. The molecule has 112 valence electrons. The summed E-state index contributed by atoms with van der Waals surface area (Å²) < 4.78 is 15.3. The van der Waals surface area contributed by atoms with Crippen molar-refractivity contribution in [2.24, 2.45) is 5.41 Å². The summed E-state index contributed by atoms with van der Waals surface area (Å²) in [6.07, 6.45) is 2.52. The quantitative estimate of drug-likeness (QED) is 0.534. The minimum atomic E-state index is -0.729. The van der Waals surface area contributed by atoms with Gasteiger partial charge in [-0.3, -0.25) is 4.79 Å². The summed E-state index contributed by atoms with van der Waals surface area (Å²) in [5.41, 5.74) is -0.211. The van der Waals surface area contributed by atoms with Crippen molar-refractivity contribution < 1.29 is 23.5 Å². The van der Waals surface area contributed by atoms with E-state index in [2.05, 4.69) is 4.98 Å². The zero-order chi connectivity index (χ0) is 15.2. The molecular formula is C14H21NO5. The van der Waals surface area contributed by atoms with Gasteiger partial charge in [-0.2, -0.15) is 0 Å². The van der Waals surface area contributed by atoms with Crippen LogP contribution in [0.2, 0.25) is 0 Å². The number of oxazole rings is 1. The Morgan fingerprint density at radius 2 is 2.25 bits per heavy atom. The number of hydrogen-bond acceptors (Lipinski definition) is 6. The second kappa shape index (κ2) is 7.19. The maximum atomic E-state index is 11.6. The van der Waals surface area contributed by atoms with E-state index in [9.17, 15) is 9.59 Å². The zero-order valence-electron chi connectivity index (χ0n) is 12.3. The van der Waals surface area contributed by atoms with Gasteiger partial charge in [0.05, 0.1) is 30.7 Å². The first-order valence-electron chi connectivity index (χ1n) is 6.50. The van der Waals surface area contributed by atoms with Crippen molar-refractivity contribution in [1.29, 1.82) is 0 Å². The van der Waals surface area contributed by atoms with E-state index in [4.69, 9.17) is 13.9 Å². The monoisotopic (exact) mass is 283 g/mol. The first-order valence-corrected chi connectivity index (χ1v) is 6.50. The maximum Gasteiger partial charge on any atom is 0.311 e. The third-order valence-electron chi connectivity index (χ3n) is 2.95. The summed E-state index contributed by atoms with van der Waals surface area (Å²) in [7, 11) is 1.34. The zero-order valence-corrected chi connectivity index (χ0v) is 12.3. The number of aldehydes is 1. The Bertz CT molecular complexity index is 452. The van der Waals surface area contributed by atoms with E-state index in [0.717, 1.165) is 6.29 Å². The van der Waals surface area contributed by atoms with Crippen LogP contribution in [-0.4, -0.2) is 37.6 Å². The Labute approximate surface area is 118 Å². The number of esters is 1. The molecule has 0 N–H and O–H groups in total. The van der Waals surface area contributed by atoms with E-state index in [1.165, 1.54) is 13.4 Å². The first-order chi connectivity index (χ1) is 9.44. The minimum absolute atomic E-state index is 0.270. The minimum Gasteiger partial charge on any atom is -0.469 e. The van der Waals surface area contributed by atoms with Crippen LogP contribution in [0.3, 0.4) is 0 Å². The van der Waals surface area contributed by atoms with Crippen LogP contribution in [0.5, 0.6) is 0 Å². The molecule has 6 nitrogen and oxygen atoms in total. The standard InChI is InChI=1S/C14H21NO5/c1-5-19-8-10(7-16)11-9-20-12(15-11)6-14(2,3)13(17)18-4/h7,9-10H,5-6,8H2,1-4H3. The van der Waals surface area contributed by atoms with Crippen LogP contribution in [0.1, 0.15) is 38.3 Å². The van der Waals surface area contributed by atoms with Crippen molar-refractivity contribution in [3.63, 3.8) is 0 Å². The van der Waals surface area contributed by atoms with E-state index < -0.39 is 11.3 Å². The number of hydrogen-bond donors (Lipinski definition) is 0. The van der Waals surface area contributed by atoms with Crippen LogP contribution in [0.25, 0.3) is 0 Å². The van der Waals surface area contributed by atoms with Gasteiger partial charge in [-0.05, 0) is 20.8 Å². The molecule has 1 unspecified atom stereocenters. The first kappa shape index (κ1) is 16.4. The van der Waals surface area contributed by atoms with E-state index >= 15 is 0 Å². The number of aromatic nitrogens is 1. The Morgan fingerprint density at radius 1 is 1.55 bits per heavy atom. The molecule has 0 spiro atoms. The van der Waals surface area contributed by atoms with Gasteiger partial charge >= 0.3 is 5.97 Å². The highest BCUT2D eigenvalue weighted by Gasteiger charge is 2.31. The van der Waals surface area contributed by atoms with Crippen LogP contribution in [-0.2, 0) is 25.5 Å². The SMILES string of the molecule is CCOCC(C=O)c1coc(CC(C)(C)C(=O)OC)n1. The number of carbonyl (C=O) groups excluding carboxylic acids is 2. The van der Waals surface area contributed by atoms with Crippen LogP contribution >= 0.6 is 0 Å². The fourth-order valence-electron chi connectivity index (χ4n) is 1.74. The highest BCUT2D eigenvalue weighted by atomic mass is 16.5. The lowest BCUT2D eigenvalue weighted by Crippen LogP contribution is -2.28. The number of carbonyl (C=O) groups is 2. The molecule has 20 heavy (non-hydrogen) atoms. The molecule has 0 aliphatic carbocycles. The molecule has 1 aromatic heterocycles. The van der Waals surface area contributed by atoms with Crippen molar-refractivity contribution in [2.75, 3.05) is 20.3 Å². The van der Waals surface area contributed by atoms with E-state index in [0.29, 0.717) is 24.6 Å². The maximum absolute atomic E-state index is 11.6. The van der Waals surface area contributed by atoms with Gasteiger partial charge in [0.2, 0.25) is 0 Å². The topological polar surface area (TPSA) is 78.6 Å². The van der Waals surface area contributed by atoms with Gasteiger partial charge in [0.1, 0.15) is 12.5 Å². The fourth-order valence-corrected chi connectivity index (χ4v) is 1.74. The summed E-state index contributed by atoms with van der Waals surface area (Å²) >= 11 is 0. The summed E-state index contributed by atoms with van der Waals surface area (Å²) in [4.78, 5) is 26.9. The van der Waals surface area contributed by atoms with Gasteiger partial charge in [0, 0.05) is 13.0 Å². The molecule has 0 amide bonds. The second-order valence-electron chi connectivity index (χ2n) is 5.12. The molecule has 0 radical (unpaired) electrons. The van der Waals surface area contributed by atoms with Crippen molar-refractivity contribution >= 4 is 12.3 Å². The number of ether oxygens (including phenoxy) is 2. The van der Waals surface area contributed by atoms with Gasteiger partial charge in [-0.15, -0.1) is 0 Å². The third kappa shape index (κ3) is 4.16. The van der Waals surface area contributed by atoms with Gasteiger partial charge in [-0.25, -0.2) is 4.98 Å². The van der Waals surface area contributed by atoms with Crippen LogP contribution in [0.4, 0.5) is 0 Å². The van der Waals surface area contributed by atoms with Crippen LogP contribution < -0.4 is 0 Å². The smallest absolute Gasteiger partial charge is 0.311 e. The normalized spacial score (nSPS) is 13.0. The molecule has 0 aliphatic heterocycles. The average molecular weight is 283 g/mol. The van der Waals surface area contributed by atoms with Crippen molar-refractivity contribution in [2.45, 2.75) is 33.1 Å². The highest BCUT2D eigenvalue weighted by molar-refractivity contribution is 5.75. The van der Waals surface area contributed by atoms with E-state index in [1.54, 1.807) is 13.8 Å². The molecule has 6 heteroatoms. The molecule has 0 fully saturated rings. The van der Waals surface area contributed by atoms with Crippen molar-refractivity contribution in [3.8, 4) is 0 Å². The van der Waals surface area contributed by atoms with Crippen LogP contribution in [0.15, 0.2) is 10.7 Å². The third-order valence-corrected chi connectivity index (χ3v) is 2.95. The second-order valence-corrected chi connectivity index (χ2v) is 5.12. The van der Waals surface area contributed by atoms with Crippen molar-refractivity contribution in [1.82, 2.24) is 4.98 Å². The lowest BCUT2D eigenvalue weighted by Gasteiger charge is -2.18. The lowest BCUT2D eigenvalue weighted by molar-refractivity contribution is -0.150. The summed E-state index contributed by atoms with van der Waals surface area (Å²) in [6.45, 7) is 6.16. The van der Waals surface area contributed by atoms with Gasteiger partial charge < -0.3 is 18.7 Å². The highest BCUT2D eigenvalue weighted by Crippen LogP contribution is 2.24. The van der Waals surface area contributed by atoms with Gasteiger partial charge in [-0.1, -0.05) is 0 Å². The van der Waals surface area contributed by atoms with Crippen LogP contribution in [0, 0.1) is 5.41 Å². The lowest BCUT2D eigenvalue weighted by atomic mass is 9.89. The summed E-state index contributed by atoms with van der Waals surface area (Å²) in [5, 5.41) is 0. The van der Waals surface area contributed by atoms with Gasteiger partial charge in [0.15, 0.2) is 5.89 Å². The fraction of sp³-hybridized carbons (Fsp3) is 0.643. The number of nitrogens with zero attached hydrogens (tertiary/aromatic N) is 1. The number of methoxy groups -OCH3 is 1. The molecule has 0 saturated heterocycles. The average Bonchev–Trinajstić information content (AvgIpc) is 2.86. The predicted molar refractivity (Wildman–Crippen MR) is 71.3 cm³/mol. The Morgan fingerprint density at radius 3 is 2.80 bits per heavy atom. The summed E-state index contributed by atoms with van der Waals surface area (Å²) in [6, 6.07) is 0. The molecule has 1 heterocycles. The molecule has 1 rings (SSSR count). The Balaban J connectivity index is 2.76. The summed E-state index contributed by atoms with van der Waals surface area (Å²) in [5.74, 6) is -0.383.